The van der Waals surface area contributed by atoms with E-state index in [2.05, 4.69) is 15.0 Å². The number of ether oxygens (including phenoxy) is 1. The molecule has 110 valence electrons. The van der Waals surface area contributed by atoms with Gasteiger partial charge in [-0.1, -0.05) is 0 Å². The zero-order chi connectivity index (χ0) is 15.4. The average molecular weight is 297 g/mol. The van der Waals surface area contributed by atoms with Gasteiger partial charge in [0.05, 0.1) is 5.56 Å². The van der Waals surface area contributed by atoms with E-state index in [-0.39, 0.29) is 22.8 Å². The molecule has 0 aliphatic rings. The quantitative estimate of drug-likeness (QED) is 0.909. The Bertz CT molecular complexity index is 648. The highest BCUT2D eigenvalue weighted by Crippen LogP contribution is 2.19. The van der Waals surface area contributed by atoms with Crippen LogP contribution in [0, 0.1) is 5.82 Å². The fourth-order valence-electron chi connectivity index (χ4n) is 1.55. The number of pyridine rings is 1. The van der Waals surface area contributed by atoms with Crippen molar-refractivity contribution in [2.24, 2.45) is 0 Å². The number of alkyl halides is 2. The normalized spacial score (nSPS) is 10.5. The molecule has 0 unspecified atom stereocenters. The highest BCUT2D eigenvalue weighted by atomic mass is 19.3. The van der Waals surface area contributed by atoms with Crippen molar-refractivity contribution in [1.29, 1.82) is 0 Å². The second-order valence-electron chi connectivity index (χ2n) is 3.91. The maximum atomic E-state index is 13.6. The van der Waals surface area contributed by atoms with E-state index in [1.165, 1.54) is 36.5 Å². The molecule has 0 saturated heterocycles. The van der Waals surface area contributed by atoms with Crippen LogP contribution in [0.3, 0.4) is 0 Å². The van der Waals surface area contributed by atoms with Crippen LogP contribution in [0.25, 0.3) is 0 Å². The van der Waals surface area contributed by atoms with E-state index in [1.807, 2.05) is 0 Å². The first-order valence-corrected chi connectivity index (χ1v) is 5.73. The lowest BCUT2D eigenvalue weighted by atomic mass is 10.2. The van der Waals surface area contributed by atoms with Gasteiger partial charge >= 0.3 is 6.61 Å². The first kappa shape index (κ1) is 14.6. The third-order valence-corrected chi connectivity index (χ3v) is 2.50. The van der Waals surface area contributed by atoms with Crippen LogP contribution in [-0.2, 0) is 0 Å². The van der Waals surface area contributed by atoms with Crippen LogP contribution in [0.15, 0.2) is 36.5 Å². The lowest BCUT2D eigenvalue weighted by Crippen LogP contribution is -2.15. The second kappa shape index (κ2) is 6.12. The van der Waals surface area contributed by atoms with E-state index in [1.54, 1.807) is 0 Å². The Kier molecular flexibility index (Phi) is 4.27. The molecule has 1 aromatic heterocycles. The predicted octanol–water partition coefficient (Wildman–Crippen LogP) is 2.66. The van der Waals surface area contributed by atoms with Crippen molar-refractivity contribution in [3.63, 3.8) is 0 Å². The molecule has 0 aliphatic heterocycles. The summed E-state index contributed by atoms with van der Waals surface area (Å²) in [6.45, 7) is -2.93. The summed E-state index contributed by atoms with van der Waals surface area (Å²) >= 11 is 0. The number of nitrogens with zero attached hydrogens (tertiary/aromatic N) is 1. The molecule has 21 heavy (non-hydrogen) atoms. The Morgan fingerprint density at radius 1 is 1.24 bits per heavy atom. The number of carbonyl (C=O) groups is 1. The van der Waals surface area contributed by atoms with Gasteiger partial charge in [-0.25, -0.2) is 9.37 Å². The van der Waals surface area contributed by atoms with E-state index in [4.69, 9.17) is 5.73 Å². The van der Waals surface area contributed by atoms with Gasteiger partial charge in [0.1, 0.15) is 5.75 Å². The third-order valence-electron chi connectivity index (χ3n) is 2.50. The maximum Gasteiger partial charge on any atom is 0.387 e. The number of anilines is 2. The highest BCUT2D eigenvalue weighted by Gasteiger charge is 2.14. The number of carbonyl (C=O) groups excluding carboxylic acids is 1. The third kappa shape index (κ3) is 3.62. The molecule has 0 spiro atoms. The molecule has 0 atom stereocenters. The number of benzene rings is 1. The number of nitrogens with one attached hydrogen (secondary N) is 1. The Balaban J connectivity index is 2.11. The van der Waals surface area contributed by atoms with Gasteiger partial charge < -0.3 is 15.8 Å². The summed E-state index contributed by atoms with van der Waals surface area (Å²) in [4.78, 5) is 15.4. The second-order valence-corrected chi connectivity index (χ2v) is 3.91. The zero-order valence-electron chi connectivity index (χ0n) is 10.5. The zero-order valence-corrected chi connectivity index (χ0v) is 10.5. The fraction of sp³-hybridized carbons (Fsp3) is 0.0769. The van der Waals surface area contributed by atoms with Gasteiger partial charge in [-0.15, -0.1) is 0 Å². The summed E-state index contributed by atoms with van der Waals surface area (Å²) in [5, 5.41) is 2.40. The van der Waals surface area contributed by atoms with Gasteiger partial charge in [0.15, 0.2) is 11.6 Å². The number of nitrogen functional groups attached to an aromatic ring is 1. The largest absolute Gasteiger partial charge is 0.435 e. The van der Waals surface area contributed by atoms with E-state index >= 15 is 0 Å². The van der Waals surface area contributed by atoms with E-state index in [0.717, 1.165) is 0 Å². The van der Waals surface area contributed by atoms with Crippen molar-refractivity contribution in [1.82, 2.24) is 4.98 Å². The number of halogens is 3. The Hall–Kier alpha value is -2.77. The molecule has 2 aromatic rings. The van der Waals surface area contributed by atoms with Crippen LogP contribution < -0.4 is 15.8 Å². The Labute approximate surface area is 117 Å². The standard InChI is InChI=1S/C13H10F3N3O2/c14-10-9(5-6-18-11(10)17)12(20)19-7-1-3-8(4-2-7)21-13(15)16/h1-6,13H,(H2,17,18)(H,19,20). The molecule has 5 nitrogen and oxygen atoms in total. The number of aromatic nitrogens is 1. The minimum atomic E-state index is -2.93. The predicted molar refractivity (Wildman–Crippen MR) is 69.6 cm³/mol. The molecule has 1 amide bonds. The molecule has 0 fully saturated rings. The van der Waals surface area contributed by atoms with Crippen LogP contribution in [-0.4, -0.2) is 17.5 Å². The van der Waals surface area contributed by atoms with Gasteiger partial charge in [0.25, 0.3) is 5.91 Å². The summed E-state index contributed by atoms with van der Waals surface area (Å²) in [7, 11) is 0. The van der Waals surface area contributed by atoms with Crippen molar-refractivity contribution in [2.45, 2.75) is 6.61 Å². The summed E-state index contributed by atoms with van der Waals surface area (Å²) in [6, 6.07) is 6.36. The molecule has 0 radical (unpaired) electrons. The smallest absolute Gasteiger partial charge is 0.387 e. The molecule has 3 N–H and O–H groups in total. The first-order valence-electron chi connectivity index (χ1n) is 5.73. The molecule has 1 aromatic carbocycles. The lowest BCUT2D eigenvalue weighted by Gasteiger charge is -2.08. The van der Waals surface area contributed by atoms with Crippen LogP contribution >= 0.6 is 0 Å². The number of hydrogen-bond donors (Lipinski definition) is 2. The van der Waals surface area contributed by atoms with E-state index in [9.17, 15) is 18.0 Å². The summed E-state index contributed by atoms with van der Waals surface area (Å²) in [5.74, 6) is -2.09. The van der Waals surface area contributed by atoms with Crippen molar-refractivity contribution < 1.29 is 22.7 Å². The van der Waals surface area contributed by atoms with Crippen molar-refractivity contribution >= 4 is 17.4 Å². The minimum absolute atomic E-state index is 0.0534. The molecule has 0 saturated carbocycles. The summed E-state index contributed by atoms with van der Waals surface area (Å²) < 4.78 is 41.7. The highest BCUT2D eigenvalue weighted by molar-refractivity contribution is 6.04. The number of nitrogens with two attached hydrogens (primary N) is 1. The van der Waals surface area contributed by atoms with Crippen molar-refractivity contribution in [2.75, 3.05) is 11.1 Å². The van der Waals surface area contributed by atoms with Gasteiger partial charge in [-0.3, -0.25) is 4.79 Å². The number of amides is 1. The molecular weight excluding hydrogens is 287 g/mol. The van der Waals surface area contributed by atoms with Crippen molar-refractivity contribution in [3.8, 4) is 5.75 Å². The first-order chi connectivity index (χ1) is 9.97. The molecule has 0 bridgehead atoms. The van der Waals surface area contributed by atoms with E-state index in [0.29, 0.717) is 0 Å². The number of rotatable bonds is 4. The van der Waals surface area contributed by atoms with Crippen LogP contribution in [0.5, 0.6) is 5.75 Å². The molecule has 0 aliphatic carbocycles. The van der Waals surface area contributed by atoms with Crippen LogP contribution in [0.2, 0.25) is 0 Å². The SMILES string of the molecule is Nc1nccc(C(=O)Nc2ccc(OC(F)F)cc2)c1F. The minimum Gasteiger partial charge on any atom is -0.435 e. The Morgan fingerprint density at radius 3 is 2.52 bits per heavy atom. The lowest BCUT2D eigenvalue weighted by molar-refractivity contribution is -0.0498. The van der Waals surface area contributed by atoms with Gasteiger partial charge in [0, 0.05) is 11.9 Å². The van der Waals surface area contributed by atoms with Crippen molar-refractivity contribution in [3.05, 3.63) is 47.9 Å². The Morgan fingerprint density at radius 2 is 1.90 bits per heavy atom. The fourth-order valence-corrected chi connectivity index (χ4v) is 1.55. The van der Waals surface area contributed by atoms with E-state index < -0.39 is 18.3 Å². The maximum absolute atomic E-state index is 13.6. The molecular formula is C13H10F3N3O2. The van der Waals surface area contributed by atoms with Gasteiger partial charge in [-0.2, -0.15) is 8.78 Å². The van der Waals surface area contributed by atoms with Gasteiger partial charge in [0.2, 0.25) is 0 Å². The number of hydrogen-bond acceptors (Lipinski definition) is 4. The molecule has 2 rings (SSSR count). The average Bonchev–Trinajstić information content (AvgIpc) is 2.43. The molecule has 8 heteroatoms. The van der Waals surface area contributed by atoms with Crippen LogP contribution in [0.4, 0.5) is 24.7 Å². The molecule has 1 heterocycles. The monoisotopic (exact) mass is 297 g/mol. The summed E-state index contributed by atoms with van der Waals surface area (Å²) in [6.07, 6.45) is 1.20. The van der Waals surface area contributed by atoms with Crippen LogP contribution in [0.1, 0.15) is 10.4 Å². The summed E-state index contributed by atoms with van der Waals surface area (Å²) in [5.41, 5.74) is 5.28. The van der Waals surface area contributed by atoms with Gasteiger partial charge in [-0.05, 0) is 30.3 Å². The topological polar surface area (TPSA) is 77.2 Å².